The van der Waals surface area contributed by atoms with E-state index in [4.69, 9.17) is 11.6 Å². The Bertz CT molecular complexity index is 192. The zero-order valence-electron chi connectivity index (χ0n) is 7.02. The molecule has 0 aliphatic heterocycles. The molecule has 5 heteroatoms. The minimum Gasteiger partial charge on any atom is -0.299 e. The Morgan fingerprint density at radius 3 is 2.58 bits per heavy atom. The molecule has 12 heavy (non-hydrogen) atoms. The summed E-state index contributed by atoms with van der Waals surface area (Å²) in [5.41, 5.74) is 0.386. The van der Waals surface area contributed by atoms with Crippen molar-refractivity contribution in [1.82, 2.24) is 3.93 Å². The van der Waals surface area contributed by atoms with Crippen LogP contribution in [-0.2, 0) is 0 Å². The zero-order valence-corrected chi connectivity index (χ0v) is 9.36. The normalized spacial score (nSPS) is 13.4. The Labute approximate surface area is 85.4 Å². The van der Waals surface area contributed by atoms with Gasteiger partial charge in [-0.05, 0) is 6.42 Å². The Morgan fingerprint density at radius 2 is 2.33 bits per heavy atom. The summed E-state index contributed by atoms with van der Waals surface area (Å²) in [4.78, 5) is 3.98. The standard InChI is InChI=1S/C7H11BrClFN2/c1-3-6(5-10)11-7(4-9)12(2)8/h5H,3-4H2,1-2H3/b6-5-,11-7?. The number of alkyl halides is 1. The van der Waals surface area contributed by atoms with Crippen LogP contribution in [0.4, 0.5) is 4.39 Å². The topological polar surface area (TPSA) is 15.6 Å². The third kappa shape index (κ3) is 4.07. The molecule has 0 saturated carbocycles. The number of hydrogen-bond acceptors (Lipinski definition) is 1. The molecule has 0 rings (SSSR count). The lowest BCUT2D eigenvalue weighted by molar-refractivity contribution is 0.698. The Balaban J connectivity index is 4.47. The van der Waals surface area contributed by atoms with Crippen molar-refractivity contribution in [3.8, 4) is 0 Å². The molecule has 0 aliphatic rings. The van der Waals surface area contributed by atoms with Gasteiger partial charge in [0.15, 0.2) is 0 Å². The molecule has 0 radical (unpaired) electrons. The molecule has 0 N–H and O–H groups in total. The highest BCUT2D eigenvalue weighted by Crippen LogP contribution is 2.07. The fourth-order valence-corrected chi connectivity index (χ4v) is 1.12. The molecule has 70 valence electrons. The summed E-state index contributed by atoms with van der Waals surface area (Å²) in [5, 5.41) is 0. The predicted octanol–water partition coefficient (Wildman–Crippen LogP) is 3.09. The van der Waals surface area contributed by atoms with Gasteiger partial charge >= 0.3 is 0 Å². The Morgan fingerprint density at radius 1 is 1.75 bits per heavy atom. The first kappa shape index (κ1) is 11.9. The molecule has 0 atom stereocenters. The fourth-order valence-electron chi connectivity index (χ4n) is 0.528. The number of nitrogens with zero attached hydrogens (tertiary/aromatic N) is 2. The molecule has 2 nitrogen and oxygen atoms in total. The SMILES string of the molecule is CC/C(=C/F)N=C(CCl)N(C)Br. The molecule has 0 bridgehead atoms. The maximum atomic E-state index is 12.1. The van der Waals surface area contributed by atoms with Gasteiger partial charge in [-0.3, -0.25) is 3.93 Å². The maximum absolute atomic E-state index is 12.1. The third-order valence-electron chi connectivity index (χ3n) is 1.24. The van der Waals surface area contributed by atoms with Crippen molar-refractivity contribution in [3.05, 3.63) is 12.0 Å². The predicted molar refractivity (Wildman–Crippen MR) is 54.3 cm³/mol. The molecule has 0 heterocycles. The van der Waals surface area contributed by atoms with Crippen LogP contribution in [-0.4, -0.2) is 22.7 Å². The van der Waals surface area contributed by atoms with E-state index in [9.17, 15) is 4.39 Å². The van der Waals surface area contributed by atoms with Gasteiger partial charge in [-0.1, -0.05) is 6.92 Å². The lowest BCUT2D eigenvalue weighted by Crippen LogP contribution is -2.17. The first-order valence-corrected chi connectivity index (χ1v) is 4.72. The lowest BCUT2D eigenvalue weighted by Gasteiger charge is -2.10. The summed E-state index contributed by atoms with van der Waals surface area (Å²) >= 11 is 8.72. The van der Waals surface area contributed by atoms with Gasteiger partial charge in [-0.2, -0.15) is 0 Å². The second kappa shape index (κ2) is 6.43. The van der Waals surface area contributed by atoms with E-state index in [0.717, 1.165) is 0 Å². The van der Waals surface area contributed by atoms with Crippen molar-refractivity contribution in [2.24, 2.45) is 4.99 Å². The second-order valence-electron chi connectivity index (χ2n) is 2.09. The van der Waals surface area contributed by atoms with Gasteiger partial charge in [-0.25, -0.2) is 9.38 Å². The molecule has 0 unspecified atom stereocenters. The van der Waals surface area contributed by atoms with Crippen molar-refractivity contribution in [2.75, 3.05) is 12.9 Å². The average Bonchev–Trinajstić information content (AvgIpc) is 2.06. The van der Waals surface area contributed by atoms with Crippen molar-refractivity contribution in [3.63, 3.8) is 0 Å². The van der Waals surface area contributed by atoms with Gasteiger partial charge in [0.05, 0.1) is 27.7 Å². The molecule has 0 aromatic heterocycles. The van der Waals surface area contributed by atoms with E-state index in [1.165, 1.54) is 0 Å². The quantitative estimate of drug-likeness (QED) is 0.328. The lowest BCUT2D eigenvalue weighted by atomic mass is 10.4. The molecule has 0 aliphatic carbocycles. The number of amidine groups is 1. The summed E-state index contributed by atoms with van der Waals surface area (Å²) in [6.45, 7) is 1.83. The summed E-state index contributed by atoms with van der Waals surface area (Å²) in [5.74, 6) is 0.835. The largest absolute Gasteiger partial charge is 0.299 e. The van der Waals surface area contributed by atoms with Crippen LogP contribution in [0, 0.1) is 0 Å². The van der Waals surface area contributed by atoms with Gasteiger partial charge in [-0.15, -0.1) is 11.6 Å². The van der Waals surface area contributed by atoms with Crippen LogP contribution >= 0.6 is 27.7 Å². The summed E-state index contributed by atoms with van der Waals surface area (Å²) in [6, 6.07) is 0. The highest BCUT2D eigenvalue weighted by molar-refractivity contribution is 9.07. The van der Waals surface area contributed by atoms with E-state index in [1.807, 2.05) is 6.92 Å². The molecule has 0 fully saturated rings. The van der Waals surface area contributed by atoms with Crippen LogP contribution in [0.15, 0.2) is 17.0 Å². The van der Waals surface area contributed by atoms with Crippen LogP contribution in [0.3, 0.4) is 0 Å². The van der Waals surface area contributed by atoms with Crippen LogP contribution < -0.4 is 0 Å². The number of hydrogen-bond donors (Lipinski definition) is 0. The summed E-state index contributed by atoms with van der Waals surface area (Å²) in [7, 11) is 1.74. The maximum Gasteiger partial charge on any atom is 0.129 e. The average molecular weight is 258 g/mol. The van der Waals surface area contributed by atoms with E-state index >= 15 is 0 Å². The van der Waals surface area contributed by atoms with E-state index < -0.39 is 0 Å². The number of halogens is 3. The molecule has 0 aromatic carbocycles. The van der Waals surface area contributed by atoms with Crippen LogP contribution in [0.25, 0.3) is 0 Å². The van der Waals surface area contributed by atoms with Gasteiger partial charge in [0.1, 0.15) is 12.2 Å². The summed E-state index contributed by atoms with van der Waals surface area (Å²) in [6.07, 6.45) is 1.04. The van der Waals surface area contributed by atoms with E-state index in [-0.39, 0.29) is 5.88 Å². The van der Waals surface area contributed by atoms with E-state index in [1.54, 1.807) is 11.0 Å². The smallest absolute Gasteiger partial charge is 0.129 e. The Hall–Kier alpha value is -0.0900. The van der Waals surface area contributed by atoms with Crippen molar-refractivity contribution < 1.29 is 4.39 Å². The number of allylic oxidation sites excluding steroid dienone is 1. The third-order valence-corrected chi connectivity index (χ3v) is 1.88. The fraction of sp³-hybridized carbons (Fsp3) is 0.571. The second-order valence-corrected chi connectivity index (χ2v) is 3.42. The molecular formula is C7H11BrClFN2. The molecule has 0 aromatic rings. The zero-order chi connectivity index (χ0) is 9.56. The van der Waals surface area contributed by atoms with Crippen molar-refractivity contribution in [2.45, 2.75) is 13.3 Å². The summed E-state index contributed by atoms with van der Waals surface area (Å²) < 4.78 is 13.7. The van der Waals surface area contributed by atoms with Crippen LogP contribution in [0.2, 0.25) is 0 Å². The molecule has 0 spiro atoms. The van der Waals surface area contributed by atoms with Crippen molar-refractivity contribution >= 4 is 33.6 Å². The van der Waals surface area contributed by atoms with Crippen LogP contribution in [0.5, 0.6) is 0 Å². The molecular weight excluding hydrogens is 246 g/mol. The highest BCUT2D eigenvalue weighted by Gasteiger charge is 2.02. The minimum atomic E-state index is 0.249. The minimum absolute atomic E-state index is 0.249. The molecule has 0 amide bonds. The van der Waals surface area contributed by atoms with E-state index in [0.29, 0.717) is 24.3 Å². The monoisotopic (exact) mass is 256 g/mol. The van der Waals surface area contributed by atoms with Crippen LogP contribution in [0.1, 0.15) is 13.3 Å². The van der Waals surface area contributed by atoms with Gasteiger partial charge in [0.2, 0.25) is 0 Å². The van der Waals surface area contributed by atoms with Gasteiger partial charge in [0, 0.05) is 7.05 Å². The highest BCUT2D eigenvalue weighted by atomic mass is 79.9. The molecule has 0 saturated heterocycles. The van der Waals surface area contributed by atoms with E-state index in [2.05, 4.69) is 21.1 Å². The van der Waals surface area contributed by atoms with Gasteiger partial charge < -0.3 is 0 Å². The van der Waals surface area contributed by atoms with Gasteiger partial charge in [0.25, 0.3) is 0 Å². The first-order chi connectivity index (χ1) is 5.65. The number of aliphatic imine (C=N–C) groups is 1. The van der Waals surface area contributed by atoms with Crippen molar-refractivity contribution in [1.29, 1.82) is 0 Å². The first-order valence-electron chi connectivity index (χ1n) is 3.48. The Kier molecular flexibility index (Phi) is 6.38. The number of rotatable bonds is 3.